The largest absolute Gasteiger partial charge is 0.508 e. The molecule has 1 saturated heterocycles. The summed E-state index contributed by atoms with van der Waals surface area (Å²) < 4.78 is 5.58. The molecule has 2 N–H and O–H groups in total. The molecule has 0 aromatic heterocycles. The molecule has 25 heavy (non-hydrogen) atoms. The molecule has 3 rings (SSSR count). The molecule has 0 saturated carbocycles. The van der Waals surface area contributed by atoms with Crippen molar-refractivity contribution in [2.24, 2.45) is 5.92 Å². The summed E-state index contributed by atoms with van der Waals surface area (Å²) in [5.74, 6) is 0.0233. The lowest BCUT2D eigenvalue weighted by atomic mass is 10.1. The summed E-state index contributed by atoms with van der Waals surface area (Å²) in [5.41, 5.74) is 1.28. The van der Waals surface area contributed by atoms with Crippen molar-refractivity contribution in [1.82, 2.24) is 0 Å². The number of nitrogens with one attached hydrogen (secondary N) is 1. The Hall–Kier alpha value is -3.02. The topological polar surface area (TPSA) is 78.9 Å². The molecule has 1 heterocycles. The minimum Gasteiger partial charge on any atom is -0.508 e. The van der Waals surface area contributed by atoms with Crippen LogP contribution in [-0.4, -0.2) is 30.1 Å². The fourth-order valence-electron chi connectivity index (χ4n) is 2.86. The molecule has 130 valence electrons. The molecule has 1 aliphatic heterocycles. The average Bonchev–Trinajstić information content (AvgIpc) is 2.99. The van der Waals surface area contributed by atoms with Crippen molar-refractivity contribution >= 4 is 23.2 Å². The zero-order valence-corrected chi connectivity index (χ0v) is 13.9. The van der Waals surface area contributed by atoms with Crippen LogP contribution in [0.15, 0.2) is 48.5 Å². The molecular weight excluding hydrogens is 320 g/mol. The van der Waals surface area contributed by atoms with Crippen LogP contribution in [0.2, 0.25) is 0 Å². The van der Waals surface area contributed by atoms with Gasteiger partial charge >= 0.3 is 0 Å². The third-order valence-corrected chi connectivity index (χ3v) is 4.09. The van der Waals surface area contributed by atoms with Crippen molar-refractivity contribution in [2.45, 2.75) is 13.3 Å². The van der Waals surface area contributed by atoms with Gasteiger partial charge < -0.3 is 20.1 Å². The Morgan fingerprint density at radius 1 is 1.24 bits per heavy atom. The van der Waals surface area contributed by atoms with Crippen LogP contribution in [-0.2, 0) is 9.59 Å². The fraction of sp³-hybridized carbons (Fsp3) is 0.263. The molecule has 1 aliphatic rings. The van der Waals surface area contributed by atoms with Gasteiger partial charge in [0.15, 0.2) is 0 Å². The highest BCUT2D eigenvalue weighted by Crippen LogP contribution is 2.33. The van der Waals surface area contributed by atoms with Gasteiger partial charge in [-0.1, -0.05) is 12.1 Å². The lowest BCUT2D eigenvalue weighted by Gasteiger charge is -2.20. The van der Waals surface area contributed by atoms with Crippen molar-refractivity contribution in [3.8, 4) is 11.5 Å². The first-order chi connectivity index (χ1) is 12.1. The summed E-state index contributed by atoms with van der Waals surface area (Å²) in [6.07, 6.45) is 0.157. The van der Waals surface area contributed by atoms with Gasteiger partial charge in [-0.15, -0.1) is 0 Å². The number of para-hydroxylation sites is 2. The van der Waals surface area contributed by atoms with Gasteiger partial charge in [0.05, 0.1) is 18.2 Å². The number of carbonyl (C=O) groups excluding carboxylic acids is 2. The zero-order chi connectivity index (χ0) is 17.8. The van der Waals surface area contributed by atoms with Crippen LogP contribution in [0.4, 0.5) is 11.4 Å². The maximum absolute atomic E-state index is 12.4. The minimum absolute atomic E-state index is 0.0991. The molecule has 0 spiro atoms. The van der Waals surface area contributed by atoms with E-state index in [1.54, 1.807) is 17.0 Å². The molecule has 6 heteroatoms. The van der Waals surface area contributed by atoms with Crippen LogP contribution in [0.3, 0.4) is 0 Å². The average molecular weight is 340 g/mol. The lowest BCUT2D eigenvalue weighted by Crippen LogP contribution is -2.28. The van der Waals surface area contributed by atoms with Crippen LogP contribution in [0.1, 0.15) is 13.3 Å². The van der Waals surface area contributed by atoms with Crippen molar-refractivity contribution in [1.29, 1.82) is 0 Å². The number of nitrogens with zero attached hydrogens (tertiary/aromatic N) is 1. The van der Waals surface area contributed by atoms with E-state index in [-0.39, 0.29) is 24.0 Å². The number of hydrogen-bond acceptors (Lipinski definition) is 4. The number of phenolic OH excluding ortho intramolecular Hbond substituents is 1. The van der Waals surface area contributed by atoms with Gasteiger partial charge in [-0.2, -0.15) is 0 Å². The van der Waals surface area contributed by atoms with Gasteiger partial charge in [-0.3, -0.25) is 9.59 Å². The van der Waals surface area contributed by atoms with Crippen molar-refractivity contribution < 1.29 is 19.4 Å². The van der Waals surface area contributed by atoms with Crippen molar-refractivity contribution in [3.63, 3.8) is 0 Å². The monoisotopic (exact) mass is 340 g/mol. The molecule has 1 fully saturated rings. The van der Waals surface area contributed by atoms with E-state index in [9.17, 15) is 14.7 Å². The molecular formula is C19H20N2O4. The molecule has 0 unspecified atom stereocenters. The second kappa shape index (κ2) is 7.25. The molecule has 2 aromatic rings. The summed E-state index contributed by atoms with van der Waals surface area (Å²) in [5, 5.41) is 12.1. The van der Waals surface area contributed by atoms with Crippen LogP contribution in [0.25, 0.3) is 0 Å². The Labute approximate surface area is 146 Å². The number of ether oxygens (including phenoxy) is 1. The molecule has 0 bridgehead atoms. The number of amides is 2. The molecule has 2 amide bonds. The number of aromatic hydroxyl groups is 1. The number of hydrogen-bond donors (Lipinski definition) is 2. The standard InChI is InChI=1S/C19H20N2O4/c1-2-25-17-6-4-3-5-16(17)21-12-13(11-18(21)23)19(24)20-14-7-9-15(22)10-8-14/h3-10,13,22H,2,11-12H2,1H3,(H,20,24)/t13-/m0/s1. The first-order valence-electron chi connectivity index (χ1n) is 8.20. The fourth-order valence-corrected chi connectivity index (χ4v) is 2.86. The van der Waals surface area contributed by atoms with E-state index in [0.29, 0.717) is 30.3 Å². The SMILES string of the molecule is CCOc1ccccc1N1C[C@@H](C(=O)Nc2ccc(O)cc2)CC1=O. The van der Waals surface area contributed by atoms with E-state index < -0.39 is 5.92 Å². The lowest BCUT2D eigenvalue weighted by molar-refractivity contribution is -0.122. The Bertz CT molecular complexity index is 773. The normalized spacial score (nSPS) is 16.8. The highest BCUT2D eigenvalue weighted by Gasteiger charge is 2.36. The second-order valence-electron chi connectivity index (χ2n) is 5.84. The van der Waals surface area contributed by atoms with Crippen LogP contribution in [0.5, 0.6) is 11.5 Å². The molecule has 6 nitrogen and oxygen atoms in total. The van der Waals surface area contributed by atoms with Gasteiger partial charge in [0.1, 0.15) is 11.5 Å². The van der Waals surface area contributed by atoms with Crippen molar-refractivity contribution in [3.05, 3.63) is 48.5 Å². The van der Waals surface area contributed by atoms with E-state index in [1.807, 2.05) is 31.2 Å². The van der Waals surface area contributed by atoms with Gasteiger partial charge in [0.2, 0.25) is 11.8 Å². The predicted octanol–water partition coefficient (Wildman–Crippen LogP) is 2.78. The second-order valence-corrected chi connectivity index (χ2v) is 5.84. The van der Waals surface area contributed by atoms with Gasteiger partial charge in [-0.25, -0.2) is 0 Å². The van der Waals surface area contributed by atoms with E-state index in [4.69, 9.17) is 4.74 Å². The summed E-state index contributed by atoms with van der Waals surface area (Å²) in [4.78, 5) is 26.5. The zero-order valence-electron chi connectivity index (χ0n) is 13.9. The number of anilines is 2. The minimum atomic E-state index is -0.434. The highest BCUT2D eigenvalue weighted by atomic mass is 16.5. The number of rotatable bonds is 5. The smallest absolute Gasteiger partial charge is 0.229 e. The summed E-state index contributed by atoms with van der Waals surface area (Å²) in [6, 6.07) is 13.6. The molecule has 0 radical (unpaired) electrons. The van der Waals surface area contributed by atoms with E-state index >= 15 is 0 Å². The maximum atomic E-state index is 12.4. The van der Waals surface area contributed by atoms with Gasteiger partial charge in [-0.05, 0) is 43.3 Å². The Balaban J connectivity index is 1.72. The number of benzene rings is 2. The summed E-state index contributed by atoms with van der Waals surface area (Å²) >= 11 is 0. The van der Waals surface area contributed by atoms with Crippen molar-refractivity contribution in [2.75, 3.05) is 23.4 Å². The quantitative estimate of drug-likeness (QED) is 0.821. The molecule has 2 aromatic carbocycles. The summed E-state index contributed by atoms with van der Waals surface area (Å²) in [7, 11) is 0. The highest BCUT2D eigenvalue weighted by molar-refractivity contribution is 6.04. The Morgan fingerprint density at radius 2 is 1.96 bits per heavy atom. The van der Waals surface area contributed by atoms with Gasteiger partial charge in [0, 0.05) is 18.7 Å². The van der Waals surface area contributed by atoms with Gasteiger partial charge in [0.25, 0.3) is 0 Å². The van der Waals surface area contributed by atoms with E-state index in [0.717, 1.165) is 0 Å². The number of phenols is 1. The van der Waals surface area contributed by atoms with Crippen LogP contribution in [0, 0.1) is 5.92 Å². The van der Waals surface area contributed by atoms with Crippen LogP contribution < -0.4 is 15.0 Å². The third-order valence-electron chi connectivity index (χ3n) is 4.09. The Morgan fingerprint density at radius 3 is 2.68 bits per heavy atom. The predicted molar refractivity (Wildman–Crippen MR) is 94.8 cm³/mol. The first-order valence-corrected chi connectivity index (χ1v) is 8.20. The summed E-state index contributed by atoms with van der Waals surface area (Å²) in [6.45, 7) is 2.70. The Kier molecular flexibility index (Phi) is 4.88. The van der Waals surface area contributed by atoms with E-state index in [2.05, 4.69) is 5.32 Å². The maximum Gasteiger partial charge on any atom is 0.229 e. The first kappa shape index (κ1) is 16.8. The van der Waals surface area contributed by atoms with E-state index in [1.165, 1.54) is 12.1 Å². The molecule has 1 atom stereocenters. The molecule has 0 aliphatic carbocycles. The third kappa shape index (κ3) is 3.74. The number of carbonyl (C=O) groups is 2. The van der Waals surface area contributed by atoms with Crippen LogP contribution >= 0.6 is 0 Å².